The van der Waals surface area contributed by atoms with Gasteiger partial charge in [-0.25, -0.2) is 0 Å². The minimum atomic E-state index is 0.0664. The van der Waals surface area contributed by atoms with Crippen molar-refractivity contribution in [2.75, 3.05) is 32.1 Å². The number of nitrogens with one attached hydrogen (secondary N) is 1. The SMILES string of the molecule is CNc1ccc(C(=O)N2CCC(CO)C2)cc1C. The molecule has 1 aliphatic heterocycles. The van der Waals surface area contributed by atoms with Crippen molar-refractivity contribution < 1.29 is 9.90 Å². The number of aliphatic hydroxyl groups excluding tert-OH is 1. The summed E-state index contributed by atoms with van der Waals surface area (Å²) in [5, 5.41) is 12.2. The van der Waals surface area contributed by atoms with E-state index in [-0.39, 0.29) is 18.4 Å². The largest absolute Gasteiger partial charge is 0.396 e. The molecular weight excluding hydrogens is 228 g/mol. The molecular formula is C14H20N2O2. The molecule has 1 aliphatic rings. The predicted octanol–water partition coefficient (Wildman–Crippen LogP) is 1.49. The molecule has 1 aromatic carbocycles. The Morgan fingerprint density at radius 3 is 2.89 bits per heavy atom. The average molecular weight is 248 g/mol. The molecule has 2 rings (SSSR count). The molecule has 1 atom stereocenters. The number of amides is 1. The Morgan fingerprint density at radius 1 is 1.56 bits per heavy atom. The summed E-state index contributed by atoms with van der Waals surface area (Å²) in [7, 11) is 1.87. The van der Waals surface area contributed by atoms with Crippen molar-refractivity contribution in [2.24, 2.45) is 5.92 Å². The van der Waals surface area contributed by atoms with E-state index < -0.39 is 0 Å². The van der Waals surface area contributed by atoms with Crippen molar-refractivity contribution in [3.8, 4) is 0 Å². The van der Waals surface area contributed by atoms with Crippen LogP contribution in [0.4, 0.5) is 5.69 Å². The molecule has 0 aliphatic carbocycles. The van der Waals surface area contributed by atoms with Crippen LogP contribution in [0.2, 0.25) is 0 Å². The lowest BCUT2D eigenvalue weighted by molar-refractivity contribution is 0.0782. The molecule has 1 fully saturated rings. The van der Waals surface area contributed by atoms with E-state index in [2.05, 4.69) is 5.32 Å². The summed E-state index contributed by atoms with van der Waals surface area (Å²) in [5.41, 5.74) is 2.84. The number of likely N-dealkylation sites (tertiary alicyclic amines) is 1. The van der Waals surface area contributed by atoms with E-state index in [1.807, 2.05) is 37.1 Å². The average Bonchev–Trinajstić information content (AvgIpc) is 2.86. The van der Waals surface area contributed by atoms with Gasteiger partial charge in [0.05, 0.1) is 0 Å². The Kier molecular flexibility index (Phi) is 3.87. The Labute approximate surface area is 108 Å². The second-order valence-electron chi connectivity index (χ2n) is 4.87. The van der Waals surface area contributed by atoms with Gasteiger partial charge in [0.25, 0.3) is 5.91 Å². The predicted molar refractivity (Wildman–Crippen MR) is 71.8 cm³/mol. The number of nitrogens with zero attached hydrogens (tertiary/aromatic N) is 1. The topological polar surface area (TPSA) is 52.6 Å². The van der Waals surface area contributed by atoms with Crippen LogP contribution < -0.4 is 5.32 Å². The van der Waals surface area contributed by atoms with Gasteiger partial charge in [-0.2, -0.15) is 0 Å². The van der Waals surface area contributed by atoms with E-state index in [9.17, 15) is 4.79 Å². The summed E-state index contributed by atoms with van der Waals surface area (Å²) < 4.78 is 0. The fourth-order valence-corrected chi connectivity index (χ4v) is 2.43. The highest BCUT2D eigenvalue weighted by Gasteiger charge is 2.26. The highest BCUT2D eigenvalue weighted by Crippen LogP contribution is 2.21. The van der Waals surface area contributed by atoms with E-state index in [0.717, 1.165) is 29.8 Å². The smallest absolute Gasteiger partial charge is 0.253 e. The molecule has 98 valence electrons. The minimum Gasteiger partial charge on any atom is -0.396 e. The first-order valence-electron chi connectivity index (χ1n) is 6.34. The Hall–Kier alpha value is -1.55. The minimum absolute atomic E-state index is 0.0664. The third-order valence-corrected chi connectivity index (χ3v) is 3.57. The molecule has 18 heavy (non-hydrogen) atoms. The zero-order valence-electron chi connectivity index (χ0n) is 10.9. The fraction of sp³-hybridized carbons (Fsp3) is 0.500. The van der Waals surface area contributed by atoms with Gasteiger partial charge < -0.3 is 15.3 Å². The van der Waals surface area contributed by atoms with Gasteiger partial charge >= 0.3 is 0 Å². The highest BCUT2D eigenvalue weighted by molar-refractivity contribution is 5.95. The quantitative estimate of drug-likeness (QED) is 0.852. The molecule has 0 bridgehead atoms. The van der Waals surface area contributed by atoms with Crippen LogP contribution in [-0.4, -0.2) is 42.7 Å². The van der Waals surface area contributed by atoms with Crippen LogP contribution in [0.3, 0.4) is 0 Å². The number of rotatable bonds is 3. The lowest BCUT2D eigenvalue weighted by atomic mass is 10.1. The lowest BCUT2D eigenvalue weighted by Gasteiger charge is -2.17. The van der Waals surface area contributed by atoms with Crippen molar-refractivity contribution in [3.05, 3.63) is 29.3 Å². The Bertz CT molecular complexity index is 445. The number of carbonyl (C=O) groups excluding carboxylic acids is 1. The molecule has 0 spiro atoms. The van der Waals surface area contributed by atoms with Gasteiger partial charge in [-0.1, -0.05) is 0 Å². The van der Waals surface area contributed by atoms with Crippen LogP contribution in [0.25, 0.3) is 0 Å². The zero-order valence-corrected chi connectivity index (χ0v) is 10.9. The molecule has 0 saturated carbocycles. The van der Waals surface area contributed by atoms with Crippen LogP contribution in [0.5, 0.6) is 0 Å². The first-order valence-corrected chi connectivity index (χ1v) is 6.34. The van der Waals surface area contributed by atoms with Gasteiger partial charge in [-0.05, 0) is 37.1 Å². The molecule has 1 heterocycles. The van der Waals surface area contributed by atoms with Crippen molar-refractivity contribution >= 4 is 11.6 Å². The number of carbonyl (C=O) groups is 1. The molecule has 1 aromatic rings. The Morgan fingerprint density at radius 2 is 2.33 bits per heavy atom. The number of aryl methyl sites for hydroxylation is 1. The van der Waals surface area contributed by atoms with Gasteiger partial charge in [-0.3, -0.25) is 4.79 Å². The molecule has 1 unspecified atom stereocenters. The summed E-state index contributed by atoms with van der Waals surface area (Å²) >= 11 is 0. The van der Waals surface area contributed by atoms with Gasteiger partial charge in [0.1, 0.15) is 0 Å². The summed E-state index contributed by atoms with van der Waals surface area (Å²) in [4.78, 5) is 14.1. The summed E-state index contributed by atoms with van der Waals surface area (Å²) in [6.45, 7) is 3.57. The summed E-state index contributed by atoms with van der Waals surface area (Å²) in [5.74, 6) is 0.309. The number of benzene rings is 1. The monoisotopic (exact) mass is 248 g/mol. The summed E-state index contributed by atoms with van der Waals surface area (Å²) in [6.07, 6.45) is 0.899. The van der Waals surface area contributed by atoms with E-state index in [4.69, 9.17) is 5.11 Å². The van der Waals surface area contributed by atoms with Crippen molar-refractivity contribution in [1.29, 1.82) is 0 Å². The van der Waals surface area contributed by atoms with E-state index in [1.165, 1.54) is 0 Å². The second kappa shape index (κ2) is 5.40. The van der Waals surface area contributed by atoms with Crippen LogP contribution >= 0.6 is 0 Å². The number of hydrogen-bond donors (Lipinski definition) is 2. The van der Waals surface area contributed by atoms with Gasteiger partial charge in [0, 0.05) is 43.9 Å². The van der Waals surface area contributed by atoms with E-state index in [0.29, 0.717) is 6.54 Å². The fourth-order valence-electron chi connectivity index (χ4n) is 2.43. The molecule has 1 saturated heterocycles. The molecule has 4 heteroatoms. The molecule has 0 radical (unpaired) electrons. The van der Waals surface area contributed by atoms with Crippen LogP contribution in [-0.2, 0) is 0 Å². The van der Waals surface area contributed by atoms with Gasteiger partial charge in [0.15, 0.2) is 0 Å². The normalized spacial score (nSPS) is 19.1. The second-order valence-corrected chi connectivity index (χ2v) is 4.87. The maximum atomic E-state index is 12.3. The van der Waals surface area contributed by atoms with Crippen LogP contribution in [0.1, 0.15) is 22.3 Å². The lowest BCUT2D eigenvalue weighted by Crippen LogP contribution is -2.29. The third-order valence-electron chi connectivity index (χ3n) is 3.57. The summed E-state index contributed by atoms with van der Waals surface area (Å²) in [6, 6.07) is 5.70. The van der Waals surface area contributed by atoms with Gasteiger partial charge in [0.2, 0.25) is 0 Å². The van der Waals surface area contributed by atoms with Crippen molar-refractivity contribution in [1.82, 2.24) is 4.90 Å². The Balaban J connectivity index is 2.12. The van der Waals surface area contributed by atoms with Crippen LogP contribution in [0.15, 0.2) is 18.2 Å². The van der Waals surface area contributed by atoms with Gasteiger partial charge in [-0.15, -0.1) is 0 Å². The third kappa shape index (κ3) is 2.48. The first-order chi connectivity index (χ1) is 8.65. The molecule has 4 nitrogen and oxygen atoms in total. The maximum Gasteiger partial charge on any atom is 0.253 e. The van der Waals surface area contributed by atoms with E-state index in [1.54, 1.807) is 0 Å². The number of hydrogen-bond acceptors (Lipinski definition) is 3. The first kappa shape index (κ1) is 12.9. The zero-order chi connectivity index (χ0) is 13.1. The van der Waals surface area contributed by atoms with E-state index >= 15 is 0 Å². The van der Waals surface area contributed by atoms with Crippen molar-refractivity contribution in [3.63, 3.8) is 0 Å². The molecule has 1 amide bonds. The van der Waals surface area contributed by atoms with Crippen LogP contribution in [0, 0.1) is 12.8 Å². The maximum absolute atomic E-state index is 12.3. The number of aliphatic hydroxyl groups is 1. The van der Waals surface area contributed by atoms with Crippen molar-refractivity contribution in [2.45, 2.75) is 13.3 Å². The molecule has 0 aromatic heterocycles. The standard InChI is InChI=1S/C14H20N2O2/c1-10-7-12(3-4-13(10)15-2)14(18)16-6-5-11(8-16)9-17/h3-4,7,11,15,17H,5-6,8-9H2,1-2H3. The highest BCUT2D eigenvalue weighted by atomic mass is 16.3. The number of anilines is 1. The molecule has 2 N–H and O–H groups in total.